The molecule has 0 saturated heterocycles. The molecule has 0 spiro atoms. The number of aryl methyl sites for hydroxylation is 1. The van der Waals surface area contributed by atoms with Gasteiger partial charge in [-0.1, -0.05) is 31.2 Å². The lowest BCUT2D eigenvalue weighted by molar-refractivity contribution is -0.145. The maximum Gasteiger partial charge on any atom is 0.344 e. The summed E-state index contributed by atoms with van der Waals surface area (Å²) in [7, 11) is 0. The van der Waals surface area contributed by atoms with Gasteiger partial charge in [0.25, 0.3) is 0 Å². The zero-order valence-electron chi connectivity index (χ0n) is 16.3. The Hall–Kier alpha value is -3.45. The molecule has 3 N–H and O–H groups in total. The number of nitrogens with two attached hydrogens (primary N) is 1. The third-order valence-electron chi connectivity index (χ3n) is 4.27. The molecule has 150 valence electrons. The highest BCUT2D eigenvalue weighted by Gasteiger charge is 2.18. The molecule has 0 saturated carbocycles. The van der Waals surface area contributed by atoms with E-state index in [9.17, 15) is 4.79 Å². The van der Waals surface area contributed by atoms with E-state index in [1.54, 1.807) is 6.92 Å². The molecule has 1 aromatic heterocycles. The first-order valence-electron chi connectivity index (χ1n) is 9.29. The highest BCUT2D eigenvalue weighted by Crippen LogP contribution is 2.29. The quantitative estimate of drug-likeness (QED) is 0.597. The zero-order valence-corrected chi connectivity index (χ0v) is 16.3. The van der Waals surface area contributed by atoms with Gasteiger partial charge in [-0.25, -0.2) is 4.79 Å². The second-order valence-electron chi connectivity index (χ2n) is 6.59. The summed E-state index contributed by atoms with van der Waals surface area (Å²) in [4.78, 5) is 19.4. The predicted molar refractivity (Wildman–Crippen MR) is 109 cm³/mol. The average Bonchev–Trinajstić information content (AvgIpc) is 2.71. The van der Waals surface area contributed by atoms with Crippen LogP contribution in [0.3, 0.4) is 0 Å². The minimum atomic E-state index is -1.05. The number of benzene rings is 2. The van der Waals surface area contributed by atoms with Crippen LogP contribution >= 0.6 is 0 Å². The topological polar surface area (TPSA) is 108 Å². The Morgan fingerprint density at radius 1 is 1.14 bits per heavy atom. The molecule has 7 nitrogen and oxygen atoms in total. The summed E-state index contributed by atoms with van der Waals surface area (Å²) >= 11 is 0. The maximum atomic E-state index is 11.2. The molecule has 29 heavy (non-hydrogen) atoms. The predicted octanol–water partition coefficient (Wildman–Crippen LogP) is 3.95. The van der Waals surface area contributed by atoms with Gasteiger partial charge in [0.2, 0.25) is 11.8 Å². The maximum absolute atomic E-state index is 11.2. The third kappa shape index (κ3) is 5.30. The average molecular weight is 393 g/mol. The first-order valence-corrected chi connectivity index (χ1v) is 9.29. The van der Waals surface area contributed by atoms with Crippen LogP contribution in [0.4, 0.5) is 0 Å². The van der Waals surface area contributed by atoms with Crippen LogP contribution in [-0.4, -0.2) is 27.1 Å². The fraction of sp³-hybridized carbons (Fsp3) is 0.227. The summed E-state index contributed by atoms with van der Waals surface area (Å²) in [5.74, 6) is -0.145. The Morgan fingerprint density at radius 3 is 2.66 bits per heavy atom. The van der Waals surface area contributed by atoms with Crippen LogP contribution in [0.5, 0.6) is 17.5 Å². The number of nitrogens with zero attached hydrogens (tertiary/aromatic N) is 2. The van der Waals surface area contributed by atoms with Crippen molar-refractivity contribution in [1.82, 2.24) is 9.97 Å². The van der Waals surface area contributed by atoms with Crippen molar-refractivity contribution in [3.63, 3.8) is 0 Å². The summed E-state index contributed by atoms with van der Waals surface area (Å²) in [6, 6.07) is 13.9. The Balaban J connectivity index is 1.84. The second-order valence-corrected chi connectivity index (χ2v) is 6.59. The lowest BCUT2D eigenvalue weighted by atomic mass is 10.0. The Bertz CT molecular complexity index is 1010. The lowest BCUT2D eigenvalue weighted by Crippen LogP contribution is -2.26. The van der Waals surface area contributed by atoms with Crippen molar-refractivity contribution in [2.24, 2.45) is 5.73 Å². The van der Waals surface area contributed by atoms with Crippen LogP contribution in [0, 0.1) is 6.92 Å². The monoisotopic (exact) mass is 393 g/mol. The minimum absolute atomic E-state index is 0.0975. The van der Waals surface area contributed by atoms with Crippen LogP contribution in [-0.2, 0) is 11.3 Å². The summed E-state index contributed by atoms with van der Waals surface area (Å²) in [6.07, 6.45) is 2.13. The molecular formula is C22H23N3O4. The van der Waals surface area contributed by atoms with Crippen LogP contribution < -0.4 is 15.2 Å². The van der Waals surface area contributed by atoms with Gasteiger partial charge in [-0.3, -0.25) is 4.98 Å². The third-order valence-corrected chi connectivity index (χ3v) is 4.27. The summed E-state index contributed by atoms with van der Waals surface area (Å²) in [6.45, 7) is 4.17. The highest BCUT2D eigenvalue weighted by atomic mass is 16.5. The van der Waals surface area contributed by atoms with Gasteiger partial charge in [0.1, 0.15) is 5.75 Å². The number of carboxylic acids is 1. The van der Waals surface area contributed by atoms with Crippen LogP contribution in [0.15, 0.2) is 54.9 Å². The molecule has 1 unspecified atom stereocenters. The van der Waals surface area contributed by atoms with E-state index >= 15 is 0 Å². The van der Waals surface area contributed by atoms with Crippen LogP contribution in [0.25, 0.3) is 11.1 Å². The second kappa shape index (κ2) is 9.16. The normalized spacial score (nSPS) is 11.7. The van der Waals surface area contributed by atoms with E-state index in [-0.39, 0.29) is 11.8 Å². The zero-order chi connectivity index (χ0) is 20.8. The fourth-order valence-electron chi connectivity index (χ4n) is 2.86. The van der Waals surface area contributed by atoms with Gasteiger partial charge in [-0.05, 0) is 53.8 Å². The fourth-order valence-corrected chi connectivity index (χ4v) is 2.86. The van der Waals surface area contributed by atoms with Crippen molar-refractivity contribution in [3.8, 4) is 28.6 Å². The molecule has 1 atom stereocenters. The molecule has 0 aliphatic rings. The standard InChI is InChI=1S/C22H23N3O4/c1-3-19(22(26)27)29-21-13-24-12-20(25-21)28-18-8-14(2)7-17(10-18)16-6-4-5-15(9-16)11-23/h4-10,12-13,19H,3,11,23H2,1-2H3,(H,26,27). The SMILES string of the molecule is CCC(Oc1cncc(Oc2cc(C)cc(-c3cccc(CN)c3)c2)n1)C(=O)O. The largest absolute Gasteiger partial charge is 0.479 e. The van der Waals surface area contributed by atoms with E-state index in [1.165, 1.54) is 12.4 Å². The van der Waals surface area contributed by atoms with E-state index in [1.807, 2.05) is 43.3 Å². The Kier molecular flexibility index (Phi) is 6.41. The van der Waals surface area contributed by atoms with Gasteiger partial charge in [-0.15, -0.1) is 0 Å². The van der Waals surface area contributed by atoms with Crippen molar-refractivity contribution in [3.05, 3.63) is 66.0 Å². The molecule has 0 bridgehead atoms. The number of hydrogen-bond acceptors (Lipinski definition) is 6. The molecule has 2 aromatic carbocycles. The van der Waals surface area contributed by atoms with E-state index in [4.69, 9.17) is 20.3 Å². The number of aromatic nitrogens is 2. The van der Waals surface area contributed by atoms with Gasteiger partial charge in [0, 0.05) is 6.54 Å². The molecule has 0 aliphatic heterocycles. The summed E-state index contributed by atoms with van der Waals surface area (Å²) in [5.41, 5.74) is 9.85. The molecule has 0 aliphatic carbocycles. The number of rotatable bonds is 8. The molecular weight excluding hydrogens is 370 g/mol. The lowest BCUT2D eigenvalue weighted by Gasteiger charge is -2.13. The summed E-state index contributed by atoms with van der Waals surface area (Å²) < 4.78 is 11.2. The van der Waals surface area contributed by atoms with Crippen molar-refractivity contribution in [1.29, 1.82) is 0 Å². The first kappa shape index (κ1) is 20.3. The first-order chi connectivity index (χ1) is 14.0. The molecule has 0 radical (unpaired) electrons. The van der Waals surface area contributed by atoms with E-state index in [0.29, 0.717) is 18.7 Å². The number of hydrogen-bond donors (Lipinski definition) is 2. The van der Waals surface area contributed by atoms with Gasteiger partial charge in [0.15, 0.2) is 6.10 Å². The minimum Gasteiger partial charge on any atom is -0.479 e. The van der Waals surface area contributed by atoms with Gasteiger partial charge in [-0.2, -0.15) is 4.98 Å². The number of ether oxygens (including phenoxy) is 2. The van der Waals surface area contributed by atoms with Gasteiger partial charge < -0.3 is 20.3 Å². The molecule has 0 fully saturated rings. The highest BCUT2D eigenvalue weighted by molar-refractivity contribution is 5.72. The number of carbonyl (C=O) groups is 1. The van der Waals surface area contributed by atoms with Gasteiger partial charge >= 0.3 is 5.97 Å². The molecule has 0 amide bonds. The Morgan fingerprint density at radius 2 is 1.93 bits per heavy atom. The molecule has 1 heterocycles. The molecule has 3 aromatic rings. The van der Waals surface area contributed by atoms with Crippen molar-refractivity contribution in [2.45, 2.75) is 32.9 Å². The molecule has 3 rings (SSSR count). The van der Waals surface area contributed by atoms with E-state index < -0.39 is 12.1 Å². The van der Waals surface area contributed by atoms with Crippen LogP contribution in [0.1, 0.15) is 24.5 Å². The number of carboxylic acid groups (broad SMARTS) is 1. The number of aliphatic carboxylic acids is 1. The van der Waals surface area contributed by atoms with Crippen molar-refractivity contribution < 1.29 is 19.4 Å². The van der Waals surface area contributed by atoms with E-state index in [2.05, 4.69) is 16.0 Å². The van der Waals surface area contributed by atoms with E-state index in [0.717, 1.165) is 22.3 Å². The Labute approximate surface area is 169 Å². The molecule has 7 heteroatoms. The van der Waals surface area contributed by atoms with Crippen molar-refractivity contribution >= 4 is 5.97 Å². The van der Waals surface area contributed by atoms with Gasteiger partial charge in [0.05, 0.1) is 12.4 Å². The smallest absolute Gasteiger partial charge is 0.344 e. The van der Waals surface area contributed by atoms with Crippen molar-refractivity contribution in [2.75, 3.05) is 0 Å². The summed E-state index contributed by atoms with van der Waals surface area (Å²) in [5, 5.41) is 9.13. The van der Waals surface area contributed by atoms with Crippen LogP contribution in [0.2, 0.25) is 0 Å².